The lowest BCUT2D eigenvalue weighted by Gasteiger charge is -2.25. The van der Waals surface area contributed by atoms with Gasteiger partial charge in [0, 0.05) is 17.1 Å². The number of carbonyl (C=O) groups excluding carboxylic acids is 1. The summed E-state index contributed by atoms with van der Waals surface area (Å²) < 4.78 is 5.35. The predicted octanol–water partition coefficient (Wildman–Crippen LogP) is 8.51. The number of hydrogen-bond donors (Lipinski definition) is 0. The first-order valence-corrected chi connectivity index (χ1v) is 11.9. The Bertz CT molecular complexity index is 1240. The lowest BCUT2D eigenvalue weighted by Crippen LogP contribution is -2.14. The Labute approximate surface area is 208 Å². The molecule has 0 aromatic heterocycles. The molecule has 0 aliphatic heterocycles. The molecule has 176 valence electrons. The molecule has 0 saturated carbocycles. The quantitative estimate of drug-likeness (QED) is 0.157. The van der Waals surface area contributed by atoms with E-state index in [9.17, 15) is 4.79 Å². The van der Waals surface area contributed by atoms with Crippen molar-refractivity contribution in [1.29, 1.82) is 0 Å². The summed E-state index contributed by atoms with van der Waals surface area (Å²) in [5.41, 5.74) is 7.98. The van der Waals surface area contributed by atoms with Crippen LogP contribution in [0.4, 0.5) is 17.1 Å². The SMILES string of the molecule is Cc1ccc(N(c2ccc(C)cc2)c2ccc(C=Cc3ccc(OC(=O)C(C)C)cc3)cc2)cc1. The number of benzene rings is 4. The molecule has 0 N–H and O–H groups in total. The van der Waals surface area contributed by atoms with E-state index in [-0.39, 0.29) is 11.9 Å². The molecule has 0 unspecified atom stereocenters. The Balaban J connectivity index is 1.53. The van der Waals surface area contributed by atoms with Crippen molar-refractivity contribution in [1.82, 2.24) is 0 Å². The second-order valence-corrected chi connectivity index (χ2v) is 9.08. The Morgan fingerprint density at radius 3 is 1.40 bits per heavy atom. The third-order valence-corrected chi connectivity index (χ3v) is 5.77. The van der Waals surface area contributed by atoms with Gasteiger partial charge in [-0.25, -0.2) is 0 Å². The molecular formula is C32H31NO2. The number of esters is 1. The molecule has 4 rings (SSSR count). The first-order chi connectivity index (χ1) is 16.9. The molecule has 0 spiro atoms. The molecule has 0 fully saturated rings. The van der Waals surface area contributed by atoms with Crippen molar-refractivity contribution < 1.29 is 9.53 Å². The fourth-order valence-electron chi connectivity index (χ4n) is 3.64. The second kappa shape index (κ2) is 10.9. The highest BCUT2D eigenvalue weighted by Crippen LogP contribution is 2.34. The van der Waals surface area contributed by atoms with E-state index in [1.165, 1.54) is 11.1 Å². The molecule has 0 bridgehead atoms. The van der Waals surface area contributed by atoms with Crippen LogP contribution in [0.25, 0.3) is 12.2 Å². The van der Waals surface area contributed by atoms with Gasteiger partial charge in [0.1, 0.15) is 5.75 Å². The van der Waals surface area contributed by atoms with Crippen molar-refractivity contribution >= 4 is 35.2 Å². The van der Waals surface area contributed by atoms with Crippen molar-refractivity contribution in [3.8, 4) is 5.75 Å². The molecule has 0 saturated heterocycles. The van der Waals surface area contributed by atoms with E-state index in [1.807, 2.05) is 38.1 Å². The van der Waals surface area contributed by atoms with Crippen molar-refractivity contribution in [2.24, 2.45) is 5.92 Å². The zero-order valence-corrected chi connectivity index (χ0v) is 20.7. The Morgan fingerprint density at radius 1 is 0.629 bits per heavy atom. The minimum absolute atomic E-state index is 0.148. The maximum atomic E-state index is 11.8. The Hall–Kier alpha value is -4.11. The molecule has 3 heteroatoms. The van der Waals surface area contributed by atoms with Gasteiger partial charge in [0.25, 0.3) is 0 Å². The first kappa shape index (κ1) is 24.0. The van der Waals surface area contributed by atoms with Crippen LogP contribution in [0.3, 0.4) is 0 Å². The summed E-state index contributed by atoms with van der Waals surface area (Å²) in [6.45, 7) is 7.86. The molecule has 0 aliphatic rings. The zero-order valence-electron chi connectivity index (χ0n) is 20.7. The topological polar surface area (TPSA) is 29.5 Å². The van der Waals surface area contributed by atoms with Crippen LogP contribution in [-0.2, 0) is 4.79 Å². The fraction of sp³-hybridized carbons (Fsp3) is 0.156. The van der Waals surface area contributed by atoms with E-state index in [4.69, 9.17) is 4.74 Å². The smallest absolute Gasteiger partial charge is 0.313 e. The highest BCUT2D eigenvalue weighted by molar-refractivity contribution is 5.78. The van der Waals surface area contributed by atoms with Gasteiger partial charge in [-0.1, -0.05) is 85.7 Å². The van der Waals surface area contributed by atoms with Crippen molar-refractivity contribution in [2.45, 2.75) is 27.7 Å². The summed E-state index contributed by atoms with van der Waals surface area (Å²) in [4.78, 5) is 14.0. The van der Waals surface area contributed by atoms with Crippen LogP contribution < -0.4 is 9.64 Å². The average molecular weight is 462 g/mol. The normalized spacial score (nSPS) is 11.1. The van der Waals surface area contributed by atoms with Crippen molar-refractivity contribution in [3.05, 3.63) is 119 Å². The molecule has 4 aromatic carbocycles. The number of hydrogen-bond acceptors (Lipinski definition) is 3. The third-order valence-electron chi connectivity index (χ3n) is 5.77. The van der Waals surface area contributed by atoms with E-state index < -0.39 is 0 Å². The number of carbonyl (C=O) groups is 1. The lowest BCUT2D eigenvalue weighted by atomic mass is 10.1. The number of rotatable bonds is 7. The summed E-state index contributed by atoms with van der Waals surface area (Å²) in [6, 6.07) is 33.3. The number of ether oxygens (including phenoxy) is 1. The van der Waals surface area contributed by atoms with Crippen LogP contribution in [-0.4, -0.2) is 5.97 Å². The highest BCUT2D eigenvalue weighted by Gasteiger charge is 2.12. The third kappa shape index (κ3) is 6.27. The van der Waals surface area contributed by atoms with E-state index in [0.29, 0.717) is 5.75 Å². The molecule has 35 heavy (non-hydrogen) atoms. The van der Waals surface area contributed by atoms with E-state index in [2.05, 4.69) is 104 Å². The molecular weight excluding hydrogens is 430 g/mol. The minimum atomic E-state index is -0.223. The van der Waals surface area contributed by atoms with Crippen LogP contribution in [0.2, 0.25) is 0 Å². The van der Waals surface area contributed by atoms with Gasteiger partial charge in [-0.3, -0.25) is 4.79 Å². The lowest BCUT2D eigenvalue weighted by molar-refractivity contribution is -0.137. The summed E-state index contributed by atoms with van der Waals surface area (Å²) in [5, 5.41) is 0. The highest BCUT2D eigenvalue weighted by atomic mass is 16.5. The largest absolute Gasteiger partial charge is 0.426 e. The molecule has 0 radical (unpaired) electrons. The second-order valence-electron chi connectivity index (χ2n) is 9.08. The Morgan fingerprint density at radius 2 is 1.00 bits per heavy atom. The van der Waals surface area contributed by atoms with Gasteiger partial charge in [0.15, 0.2) is 0 Å². The molecule has 4 aromatic rings. The minimum Gasteiger partial charge on any atom is -0.426 e. The molecule has 3 nitrogen and oxygen atoms in total. The average Bonchev–Trinajstić information content (AvgIpc) is 2.87. The van der Waals surface area contributed by atoms with Crippen LogP contribution in [0.15, 0.2) is 97.1 Å². The summed E-state index contributed by atoms with van der Waals surface area (Å²) >= 11 is 0. The zero-order chi connectivity index (χ0) is 24.8. The van der Waals surface area contributed by atoms with Gasteiger partial charge in [-0.2, -0.15) is 0 Å². The van der Waals surface area contributed by atoms with Gasteiger partial charge in [-0.15, -0.1) is 0 Å². The standard InChI is InChI=1S/C32H31NO2/c1-23(2)32(34)35-31-21-13-27(14-22-31)10-9-26-11-19-30(20-12-26)33(28-15-5-24(3)6-16-28)29-17-7-25(4)8-18-29/h5-23H,1-4H3. The number of aryl methyl sites for hydroxylation is 2. The monoisotopic (exact) mass is 461 g/mol. The van der Waals surface area contributed by atoms with E-state index in [1.54, 1.807) is 0 Å². The molecule has 0 aliphatic carbocycles. The maximum Gasteiger partial charge on any atom is 0.313 e. The molecule has 0 atom stereocenters. The van der Waals surface area contributed by atoms with Gasteiger partial charge < -0.3 is 9.64 Å². The molecule has 0 heterocycles. The van der Waals surface area contributed by atoms with Gasteiger partial charge in [0.2, 0.25) is 0 Å². The van der Waals surface area contributed by atoms with Crippen LogP contribution >= 0.6 is 0 Å². The number of nitrogens with zero attached hydrogens (tertiary/aromatic N) is 1. The van der Waals surface area contributed by atoms with Crippen LogP contribution in [0.5, 0.6) is 5.75 Å². The van der Waals surface area contributed by atoms with E-state index >= 15 is 0 Å². The fourth-order valence-corrected chi connectivity index (χ4v) is 3.64. The number of anilines is 3. The van der Waals surface area contributed by atoms with Crippen molar-refractivity contribution in [2.75, 3.05) is 4.90 Å². The predicted molar refractivity (Wildman–Crippen MR) is 146 cm³/mol. The Kier molecular flexibility index (Phi) is 7.47. The summed E-state index contributed by atoms with van der Waals surface area (Å²) in [5.74, 6) is 0.196. The van der Waals surface area contributed by atoms with Crippen molar-refractivity contribution in [3.63, 3.8) is 0 Å². The van der Waals surface area contributed by atoms with E-state index in [0.717, 1.165) is 28.2 Å². The van der Waals surface area contributed by atoms with Gasteiger partial charge >= 0.3 is 5.97 Å². The summed E-state index contributed by atoms with van der Waals surface area (Å²) in [7, 11) is 0. The molecule has 0 amide bonds. The maximum absolute atomic E-state index is 11.8. The van der Waals surface area contributed by atoms with Crippen LogP contribution in [0.1, 0.15) is 36.1 Å². The van der Waals surface area contributed by atoms with Gasteiger partial charge in [-0.05, 0) is 73.5 Å². The first-order valence-electron chi connectivity index (χ1n) is 11.9. The summed E-state index contributed by atoms with van der Waals surface area (Å²) in [6.07, 6.45) is 4.14. The van der Waals surface area contributed by atoms with Crippen LogP contribution in [0, 0.1) is 19.8 Å². The van der Waals surface area contributed by atoms with Gasteiger partial charge in [0.05, 0.1) is 5.92 Å².